The Morgan fingerprint density at radius 3 is 2.71 bits per heavy atom. The first-order valence-corrected chi connectivity index (χ1v) is 6.14. The zero-order valence-electron chi connectivity index (χ0n) is 10.9. The number of hydrogen-bond acceptors (Lipinski definition) is 7. The second-order valence-corrected chi connectivity index (χ2v) is 4.50. The summed E-state index contributed by atoms with van der Waals surface area (Å²) in [6, 6.07) is 0. The van der Waals surface area contributed by atoms with E-state index in [9.17, 15) is 19.8 Å². The van der Waals surface area contributed by atoms with E-state index in [4.69, 9.17) is 16.3 Å². The van der Waals surface area contributed by atoms with Crippen molar-refractivity contribution in [2.45, 2.75) is 24.5 Å². The quantitative estimate of drug-likeness (QED) is 0.378. The third-order valence-electron chi connectivity index (χ3n) is 3.14. The van der Waals surface area contributed by atoms with Gasteiger partial charge in [-0.05, 0) is 0 Å². The van der Waals surface area contributed by atoms with Crippen LogP contribution in [0.15, 0.2) is 15.8 Å². The molecule has 114 valence electrons. The number of rotatable bonds is 4. The Labute approximate surface area is 118 Å². The van der Waals surface area contributed by atoms with Crippen LogP contribution >= 0.6 is 0 Å². The standard InChI is InChI=1S/C12H15N3O6/c1-2-3-13-6-4-15(12(20)14-10(6)19)11-9(18)8(17)7(5-16)21-11/h1,4,7-9,11,13,16-18H,3,5H2,(H,14,19,20)/t7-,8?,9?,11-/m0/s1. The van der Waals surface area contributed by atoms with Crippen LogP contribution in [0.4, 0.5) is 5.69 Å². The molecule has 1 aromatic heterocycles. The average Bonchev–Trinajstić information content (AvgIpc) is 2.74. The van der Waals surface area contributed by atoms with Crippen LogP contribution < -0.4 is 16.6 Å². The average molecular weight is 297 g/mol. The smallest absolute Gasteiger partial charge is 0.330 e. The molecule has 1 saturated heterocycles. The maximum atomic E-state index is 11.8. The van der Waals surface area contributed by atoms with E-state index in [1.165, 1.54) is 0 Å². The number of aliphatic hydroxyl groups is 3. The normalized spacial score (nSPS) is 28.3. The fourth-order valence-corrected chi connectivity index (χ4v) is 2.06. The van der Waals surface area contributed by atoms with E-state index in [0.717, 1.165) is 10.8 Å². The molecule has 4 atom stereocenters. The summed E-state index contributed by atoms with van der Waals surface area (Å²) in [5, 5.41) is 31.2. The monoisotopic (exact) mass is 297 g/mol. The van der Waals surface area contributed by atoms with E-state index in [0.29, 0.717) is 0 Å². The van der Waals surface area contributed by atoms with Crippen LogP contribution in [0.5, 0.6) is 0 Å². The minimum absolute atomic E-state index is 0.0188. The number of anilines is 1. The minimum Gasteiger partial charge on any atom is -0.394 e. The molecule has 5 N–H and O–H groups in total. The van der Waals surface area contributed by atoms with Crippen molar-refractivity contribution in [1.82, 2.24) is 9.55 Å². The molecular formula is C12H15N3O6. The van der Waals surface area contributed by atoms with Crippen molar-refractivity contribution in [3.05, 3.63) is 27.0 Å². The largest absolute Gasteiger partial charge is 0.394 e. The summed E-state index contributed by atoms with van der Waals surface area (Å²) in [6.07, 6.45) is 1.19. The number of nitrogens with one attached hydrogen (secondary N) is 2. The molecule has 1 aromatic rings. The maximum absolute atomic E-state index is 11.8. The molecule has 1 aliphatic rings. The molecule has 9 heteroatoms. The second-order valence-electron chi connectivity index (χ2n) is 4.50. The molecule has 1 aliphatic heterocycles. The Morgan fingerprint density at radius 2 is 2.14 bits per heavy atom. The summed E-state index contributed by atoms with van der Waals surface area (Å²) in [6.45, 7) is -0.452. The number of aromatic nitrogens is 2. The fraction of sp³-hybridized carbons (Fsp3) is 0.500. The third-order valence-corrected chi connectivity index (χ3v) is 3.14. The van der Waals surface area contributed by atoms with Gasteiger partial charge in [-0.25, -0.2) is 4.79 Å². The van der Waals surface area contributed by atoms with Gasteiger partial charge in [0.05, 0.1) is 13.2 Å². The van der Waals surface area contributed by atoms with Gasteiger partial charge in [-0.3, -0.25) is 14.3 Å². The van der Waals surface area contributed by atoms with Crippen LogP contribution in [0, 0.1) is 12.3 Å². The lowest BCUT2D eigenvalue weighted by Crippen LogP contribution is -2.38. The van der Waals surface area contributed by atoms with Crippen LogP contribution in [0.3, 0.4) is 0 Å². The lowest BCUT2D eigenvalue weighted by atomic mass is 10.1. The summed E-state index contributed by atoms with van der Waals surface area (Å²) in [7, 11) is 0. The number of hydrogen-bond donors (Lipinski definition) is 5. The summed E-state index contributed by atoms with van der Waals surface area (Å²) in [5.41, 5.74) is -1.47. The zero-order valence-corrected chi connectivity index (χ0v) is 10.9. The minimum atomic E-state index is -1.42. The van der Waals surface area contributed by atoms with Crippen molar-refractivity contribution in [2.75, 3.05) is 18.5 Å². The zero-order chi connectivity index (χ0) is 15.6. The highest BCUT2D eigenvalue weighted by molar-refractivity contribution is 5.39. The van der Waals surface area contributed by atoms with Gasteiger partial charge in [0.25, 0.3) is 5.56 Å². The van der Waals surface area contributed by atoms with Crippen LogP contribution in [0.1, 0.15) is 6.23 Å². The highest BCUT2D eigenvalue weighted by atomic mass is 16.6. The number of aromatic amines is 1. The SMILES string of the molecule is C#CCNc1cn([C@H]2O[C@@H](CO)C(O)C2O)c(=O)[nH]c1=O. The van der Waals surface area contributed by atoms with Gasteiger partial charge in [-0.2, -0.15) is 0 Å². The number of ether oxygens (including phenoxy) is 1. The van der Waals surface area contributed by atoms with E-state index in [-0.39, 0.29) is 12.2 Å². The Hall–Kier alpha value is -2.12. The molecule has 0 bridgehead atoms. The van der Waals surface area contributed by atoms with Crippen LogP contribution in [0.25, 0.3) is 0 Å². The molecule has 2 heterocycles. The van der Waals surface area contributed by atoms with Gasteiger partial charge >= 0.3 is 5.69 Å². The van der Waals surface area contributed by atoms with Gasteiger partial charge in [0.2, 0.25) is 0 Å². The molecule has 9 nitrogen and oxygen atoms in total. The Bertz CT molecular complexity index is 660. The van der Waals surface area contributed by atoms with E-state index in [1.54, 1.807) is 0 Å². The van der Waals surface area contributed by atoms with Gasteiger partial charge in [-0.15, -0.1) is 6.42 Å². The molecule has 0 radical (unpaired) electrons. The van der Waals surface area contributed by atoms with Crippen LogP contribution in [-0.2, 0) is 4.74 Å². The lowest BCUT2D eigenvalue weighted by Gasteiger charge is -2.18. The fourth-order valence-electron chi connectivity index (χ4n) is 2.06. The molecule has 0 aromatic carbocycles. The first kappa shape index (κ1) is 15.3. The van der Waals surface area contributed by atoms with Crippen molar-refractivity contribution in [3.63, 3.8) is 0 Å². The summed E-state index contributed by atoms with van der Waals surface area (Å²) in [4.78, 5) is 25.4. The number of H-pyrrole nitrogens is 1. The van der Waals surface area contributed by atoms with Gasteiger partial charge < -0.3 is 25.4 Å². The number of terminal acetylenes is 1. The summed E-state index contributed by atoms with van der Waals surface area (Å²) < 4.78 is 6.14. The molecule has 1 fully saturated rings. The molecule has 0 amide bonds. The van der Waals surface area contributed by atoms with Gasteiger partial charge in [0.15, 0.2) is 6.23 Å². The first-order chi connectivity index (χ1) is 9.99. The Balaban J connectivity index is 2.38. The molecule has 2 rings (SSSR count). The van der Waals surface area contributed by atoms with Crippen molar-refractivity contribution in [3.8, 4) is 12.3 Å². The van der Waals surface area contributed by atoms with Crippen molar-refractivity contribution < 1.29 is 20.1 Å². The number of nitrogens with zero attached hydrogens (tertiary/aromatic N) is 1. The highest BCUT2D eigenvalue weighted by Crippen LogP contribution is 2.28. The molecule has 21 heavy (non-hydrogen) atoms. The molecule has 0 saturated carbocycles. The molecule has 0 spiro atoms. The predicted octanol–water partition coefficient (Wildman–Crippen LogP) is -2.81. The van der Waals surface area contributed by atoms with Gasteiger partial charge in [-0.1, -0.05) is 5.92 Å². The van der Waals surface area contributed by atoms with E-state index >= 15 is 0 Å². The molecular weight excluding hydrogens is 282 g/mol. The second kappa shape index (κ2) is 6.11. The predicted molar refractivity (Wildman–Crippen MR) is 71.7 cm³/mol. The van der Waals surface area contributed by atoms with E-state index in [2.05, 4.69) is 11.2 Å². The lowest BCUT2D eigenvalue weighted by molar-refractivity contribution is -0.0549. The van der Waals surface area contributed by atoms with E-state index < -0.39 is 42.4 Å². The van der Waals surface area contributed by atoms with Crippen LogP contribution in [0.2, 0.25) is 0 Å². The topological polar surface area (TPSA) is 137 Å². The maximum Gasteiger partial charge on any atom is 0.330 e. The molecule has 0 aliphatic carbocycles. The Morgan fingerprint density at radius 1 is 1.43 bits per heavy atom. The van der Waals surface area contributed by atoms with Crippen molar-refractivity contribution in [1.29, 1.82) is 0 Å². The summed E-state index contributed by atoms with van der Waals surface area (Å²) in [5.74, 6) is 2.27. The van der Waals surface area contributed by atoms with Crippen molar-refractivity contribution in [2.24, 2.45) is 0 Å². The first-order valence-electron chi connectivity index (χ1n) is 6.14. The van der Waals surface area contributed by atoms with Gasteiger partial charge in [0.1, 0.15) is 24.0 Å². The van der Waals surface area contributed by atoms with Gasteiger partial charge in [0, 0.05) is 6.20 Å². The molecule has 2 unspecified atom stereocenters. The Kier molecular flexibility index (Phi) is 4.44. The van der Waals surface area contributed by atoms with E-state index in [1.807, 2.05) is 4.98 Å². The summed E-state index contributed by atoms with van der Waals surface area (Å²) >= 11 is 0. The van der Waals surface area contributed by atoms with Crippen LogP contribution in [-0.4, -0.2) is 56.3 Å². The highest BCUT2D eigenvalue weighted by Gasteiger charge is 2.43. The van der Waals surface area contributed by atoms with Crippen molar-refractivity contribution >= 4 is 5.69 Å². The number of aliphatic hydroxyl groups excluding tert-OH is 3. The third kappa shape index (κ3) is 2.84.